The minimum atomic E-state index is -0.340. The number of hydrogen-bond donors (Lipinski definition) is 1. The second-order valence-electron chi connectivity index (χ2n) is 7.91. The van der Waals surface area contributed by atoms with E-state index in [1.165, 1.54) is 0 Å². The molecule has 0 saturated carbocycles. The SMILES string of the molecule is Cc1c(COCC(C)(C)COC(=O)N2CCOCC2)[nH]c2ccccc2c1=O. The molecule has 0 aliphatic carbocycles. The first kappa shape index (κ1) is 20.4. The number of benzene rings is 1. The van der Waals surface area contributed by atoms with Gasteiger partial charge in [-0.25, -0.2) is 4.79 Å². The fourth-order valence-electron chi connectivity index (χ4n) is 3.10. The third-order valence-electron chi connectivity index (χ3n) is 4.85. The van der Waals surface area contributed by atoms with Crippen molar-refractivity contribution in [2.24, 2.45) is 5.41 Å². The van der Waals surface area contributed by atoms with Gasteiger partial charge < -0.3 is 24.1 Å². The van der Waals surface area contributed by atoms with Crippen molar-refractivity contribution in [1.82, 2.24) is 9.88 Å². The smallest absolute Gasteiger partial charge is 0.409 e. The monoisotopic (exact) mass is 388 g/mol. The van der Waals surface area contributed by atoms with E-state index in [1.807, 2.05) is 38.1 Å². The van der Waals surface area contributed by atoms with Gasteiger partial charge in [-0.3, -0.25) is 4.79 Å². The summed E-state index contributed by atoms with van der Waals surface area (Å²) in [6.45, 7) is 8.94. The van der Waals surface area contributed by atoms with Gasteiger partial charge in [-0.05, 0) is 19.1 Å². The predicted octanol–water partition coefficient (Wildman–Crippen LogP) is 2.85. The van der Waals surface area contributed by atoms with Gasteiger partial charge in [0.1, 0.15) is 6.61 Å². The highest BCUT2D eigenvalue weighted by Gasteiger charge is 2.24. The van der Waals surface area contributed by atoms with Crippen molar-refractivity contribution in [1.29, 1.82) is 0 Å². The Morgan fingerprint density at radius 1 is 1.21 bits per heavy atom. The molecular formula is C21H28N2O5. The molecule has 0 radical (unpaired) electrons. The van der Waals surface area contributed by atoms with Gasteiger partial charge in [-0.1, -0.05) is 26.0 Å². The van der Waals surface area contributed by atoms with Crippen molar-refractivity contribution >= 4 is 17.0 Å². The van der Waals surface area contributed by atoms with E-state index in [2.05, 4.69) is 4.98 Å². The van der Waals surface area contributed by atoms with Crippen LogP contribution < -0.4 is 5.43 Å². The van der Waals surface area contributed by atoms with E-state index in [4.69, 9.17) is 14.2 Å². The largest absolute Gasteiger partial charge is 0.449 e. The van der Waals surface area contributed by atoms with E-state index < -0.39 is 0 Å². The number of morpholine rings is 1. The molecule has 1 fully saturated rings. The van der Waals surface area contributed by atoms with Crippen molar-refractivity contribution in [3.05, 3.63) is 45.7 Å². The van der Waals surface area contributed by atoms with Crippen LogP contribution in [-0.4, -0.2) is 55.5 Å². The highest BCUT2D eigenvalue weighted by Crippen LogP contribution is 2.19. The van der Waals surface area contributed by atoms with Crippen LogP contribution in [0.15, 0.2) is 29.1 Å². The van der Waals surface area contributed by atoms with Crippen LogP contribution in [-0.2, 0) is 20.8 Å². The average molecular weight is 388 g/mol. The maximum Gasteiger partial charge on any atom is 0.409 e. The summed E-state index contributed by atoms with van der Waals surface area (Å²) >= 11 is 0. The number of carbonyl (C=O) groups is 1. The molecule has 0 unspecified atom stereocenters. The van der Waals surface area contributed by atoms with Gasteiger partial charge >= 0.3 is 6.09 Å². The molecule has 1 aliphatic rings. The molecule has 1 aromatic carbocycles. The van der Waals surface area contributed by atoms with Gasteiger partial charge in [0.25, 0.3) is 0 Å². The predicted molar refractivity (Wildman–Crippen MR) is 106 cm³/mol. The number of H-pyrrole nitrogens is 1. The summed E-state index contributed by atoms with van der Waals surface area (Å²) in [6, 6.07) is 7.45. The van der Waals surface area contributed by atoms with Crippen LogP contribution in [0.3, 0.4) is 0 Å². The average Bonchev–Trinajstić information content (AvgIpc) is 2.70. The van der Waals surface area contributed by atoms with Gasteiger partial charge in [0.2, 0.25) is 0 Å². The molecule has 1 amide bonds. The minimum Gasteiger partial charge on any atom is -0.449 e. The van der Waals surface area contributed by atoms with Crippen molar-refractivity contribution in [3.63, 3.8) is 0 Å². The van der Waals surface area contributed by atoms with E-state index in [1.54, 1.807) is 11.8 Å². The first-order valence-corrected chi connectivity index (χ1v) is 9.55. The number of para-hydroxylation sites is 1. The van der Waals surface area contributed by atoms with E-state index in [0.717, 1.165) is 11.2 Å². The normalized spacial score (nSPS) is 15.0. The molecule has 152 valence electrons. The molecule has 0 atom stereocenters. The van der Waals surface area contributed by atoms with Crippen LogP contribution in [0.2, 0.25) is 0 Å². The lowest BCUT2D eigenvalue weighted by Gasteiger charge is -2.29. The molecule has 1 aliphatic heterocycles. The Bertz CT molecular complexity index is 884. The summed E-state index contributed by atoms with van der Waals surface area (Å²) in [5, 5.41) is 0.680. The second kappa shape index (κ2) is 8.75. The molecule has 1 saturated heterocycles. The summed E-state index contributed by atoms with van der Waals surface area (Å²) in [7, 11) is 0. The molecule has 0 spiro atoms. The van der Waals surface area contributed by atoms with Crippen LogP contribution >= 0.6 is 0 Å². The van der Waals surface area contributed by atoms with Crippen LogP contribution in [0.5, 0.6) is 0 Å². The molecular weight excluding hydrogens is 360 g/mol. The molecule has 2 heterocycles. The number of rotatable bonds is 6. The Hall–Kier alpha value is -2.38. The number of carbonyl (C=O) groups excluding carboxylic acids is 1. The van der Waals surface area contributed by atoms with Crippen LogP contribution in [0, 0.1) is 12.3 Å². The highest BCUT2D eigenvalue weighted by atomic mass is 16.6. The first-order chi connectivity index (χ1) is 13.4. The Balaban J connectivity index is 1.53. The van der Waals surface area contributed by atoms with Crippen LogP contribution in [0.25, 0.3) is 10.9 Å². The van der Waals surface area contributed by atoms with Crippen molar-refractivity contribution in [3.8, 4) is 0 Å². The topological polar surface area (TPSA) is 80.9 Å². The Morgan fingerprint density at radius 2 is 1.93 bits per heavy atom. The number of aromatic nitrogens is 1. The van der Waals surface area contributed by atoms with E-state index in [-0.39, 0.29) is 23.5 Å². The number of nitrogens with one attached hydrogen (secondary N) is 1. The summed E-state index contributed by atoms with van der Waals surface area (Å²) < 4.78 is 16.5. The van der Waals surface area contributed by atoms with Gasteiger partial charge in [-0.2, -0.15) is 0 Å². The standard InChI is InChI=1S/C21H28N2O5/c1-15-18(22-17-7-5-4-6-16(17)19(15)24)12-27-13-21(2,3)14-28-20(25)23-8-10-26-11-9-23/h4-7H,8-14H2,1-3H3,(H,22,24). The molecule has 1 N–H and O–H groups in total. The van der Waals surface area contributed by atoms with Crippen molar-refractivity contribution in [2.45, 2.75) is 27.4 Å². The molecule has 3 rings (SSSR count). The van der Waals surface area contributed by atoms with Gasteiger partial charge in [0, 0.05) is 40.7 Å². The molecule has 28 heavy (non-hydrogen) atoms. The fourth-order valence-corrected chi connectivity index (χ4v) is 3.10. The lowest BCUT2D eigenvalue weighted by molar-refractivity contribution is -0.01000. The zero-order chi connectivity index (χ0) is 20.1. The number of ether oxygens (including phenoxy) is 3. The maximum atomic E-state index is 12.5. The Kier molecular flexibility index (Phi) is 6.36. The second-order valence-corrected chi connectivity index (χ2v) is 7.91. The summed E-state index contributed by atoms with van der Waals surface area (Å²) in [5.74, 6) is 0. The lowest BCUT2D eigenvalue weighted by Crippen LogP contribution is -2.42. The third kappa shape index (κ3) is 4.91. The fraction of sp³-hybridized carbons (Fsp3) is 0.524. The first-order valence-electron chi connectivity index (χ1n) is 9.55. The Labute approximate surface area is 164 Å². The van der Waals surface area contributed by atoms with E-state index >= 15 is 0 Å². The van der Waals surface area contributed by atoms with Gasteiger partial charge in [-0.15, -0.1) is 0 Å². The zero-order valence-corrected chi connectivity index (χ0v) is 16.7. The van der Waals surface area contributed by atoms with E-state index in [0.29, 0.717) is 50.5 Å². The number of pyridine rings is 1. The minimum absolute atomic E-state index is 0.0200. The number of amides is 1. The molecule has 7 heteroatoms. The highest BCUT2D eigenvalue weighted by molar-refractivity contribution is 5.79. The molecule has 7 nitrogen and oxygen atoms in total. The maximum absolute atomic E-state index is 12.5. The van der Waals surface area contributed by atoms with Gasteiger partial charge in [0.05, 0.1) is 26.4 Å². The number of fused-ring (bicyclic) bond motifs is 1. The summed E-state index contributed by atoms with van der Waals surface area (Å²) in [5.41, 5.74) is 1.91. The zero-order valence-electron chi connectivity index (χ0n) is 16.7. The number of aromatic amines is 1. The lowest BCUT2D eigenvalue weighted by atomic mass is 9.96. The van der Waals surface area contributed by atoms with Crippen molar-refractivity contribution in [2.75, 3.05) is 39.5 Å². The van der Waals surface area contributed by atoms with Gasteiger partial charge in [0.15, 0.2) is 5.43 Å². The summed E-state index contributed by atoms with van der Waals surface area (Å²) in [4.78, 5) is 29.5. The molecule has 1 aromatic heterocycles. The van der Waals surface area contributed by atoms with Crippen molar-refractivity contribution < 1.29 is 19.0 Å². The quantitative estimate of drug-likeness (QED) is 0.823. The third-order valence-corrected chi connectivity index (χ3v) is 4.85. The number of nitrogens with zero attached hydrogens (tertiary/aromatic N) is 1. The van der Waals surface area contributed by atoms with E-state index in [9.17, 15) is 9.59 Å². The number of hydrogen-bond acceptors (Lipinski definition) is 5. The molecule has 0 bridgehead atoms. The Morgan fingerprint density at radius 3 is 2.68 bits per heavy atom. The molecule has 2 aromatic rings. The summed E-state index contributed by atoms with van der Waals surface area (Å²) in [6.07, 6.45) is -0.314. The van der Waals surface area contributed by atoms with Crippen LogP contribution in [0.4, 0.5) is 4.79 Å². The van der Waals surface area contributed by atoms with Crippen LogP contribution in [0.1, 0.15) is 25.1 Å².